The second kappa shape index (κ2) is 6.13. The molecule has 0 saturated heterocycles. The third kappa shape index (κ3) is 3.51. The van der Waals surface area contributed by atoms with Crippen molar-refractivity contribution in [2.45, 2.75) is 29.6 Å². The van der Waals surface area contributed by atoms with Crippen molar-refractivity contribution in [3.05, 3.63) is 53.2 Å². The van der Waals surface area contributed by atoms with Crippen molar-refractivity contribution < 1.29 is 8.42 Å². The quantitative estimate of drug-likeness (QED) is 0.893. The molecular weight excluding hydrogens is 332 g/mol. The summed E-state index contributed by atoms with van der Waals surface area (Å²) < 4.78 is 22.9. The smallest absolute Gasteiger partial charge is 0.177 e. The summed E-state index contributed by atoms with van der Waals surface area (Å²) in [5.41, 5.74) is 1.33. The highest BCUT2D eigenvalue weighted by atomic mass is 35.5. The summed E-state index contributed by atoms with van der Waals surface area (Å²) in [6.45, 7) is 0.762. The number of sulfone groups is 1. The second-order valence-corrected chi connectivity index (χ2v) is 8.60. The molecule has 4 nitrogen and oxygen atoms in total. The second-order valence-electron chi connectivity index (χ2n) is 6.15. The molecule has 23 heavy (non-hydrogen) atoms. The van der Waals surface area contributed by atoms with E-state index in [0.29, 0.717) is 5.82 Å². The average Bonchev–Trinajstić information content (AvgIpc) is 2.46. The molecule has 1 aromatic heterocycles. The Bertz CT molecular complexity index is 800. The Labute approximate surface area is 141 Å². The van der Waals surface area contributed by atoms with Gasteiger partial charge in [-0.1, -0.05) is 30.2 Å². The van der Waals surface area contributed by atoms with Gasteiger partial charge in [-0.25, -0.2) is 13.4 Å². The third-order valence-electron chi connectivity index (χ3n) is 4.52. The van der Waals surface area contributed by atoms with E-state index in [1.807, 2.05) is 18.2 Å². The molecule has 0 radical (unpaired) electrons. The molecule has 2 aromatic rings. The minimum absolute atomic E-state index is 0.0854. The molecule has 1 saturated carbocycles. The zero-order valence-electron chi connectivity index (χ0n) is 12.9. The molecule has 1 aromatic carbocycles. The van der Waals surface area contributed by atoms with Gasteiger partial charge in [0.25, 0.3) is 0 Å². The summed E-state index contributed by atoms with van der Waals surface area (Å²) >= 11 is 6.12. The van der Waals surface area contributed by atoms with Gasteiger partial charge in [0.15, 0.2) is 9.84 Å². The summed E-state index contributed by atoms with van der Waals surface area (Å²) in [5.74, 6) is 0.686. The molecule has 3 rings (SSSR count). The van der Waals surface area contributed by atoms with Crippen molar-refractivity contribution in [1.82, 2.24) is 4.98 Å². The zero-order valence-corrected chi connectivity index (χ0v) is 14.5. The lowest BCUT2D eigenvalue weighted by atomic mass is 9.64. The molecule has 0 spiro atoms. The van der Waals surface area contributed by atoms with E-state index in [9.17, 15) is 8.42 Å². The van der Waals surface area contributed by atoms with Crippen LogP contribution in [0.5, 0.6) is 0 Å². The van der Waals surface area contributed by atoms with Gasteiger partial charge in [-0.2, -0.15) is 0 Å². The first-order valence-corrected chi connectivity index (χ1v) is 9.82. The van der Waals surface area contributed by atoms with Gasteiger partial charge in [-0.15, -0.1) is 0 Å². The van der Waals surface area contributed by atoms with E-state index in [-0.39, 0.29) is 10.3 Å². The number of rotatable bonds is 5. The highest BCUT2D eigenvalue weighted by Crippen LogP contribution is 2.44. The van der Waals surface area contributed by atoms with Crippen molar-refractivity contribution in [2.75, 3.05) is 18.1 Å². The number of anilines is 1. The van der Waals surface area contributed by atoms with E-state index in [1.54, 1.807) is 12.1 Å². The van der Waals surface area contributed by atoms with Gasteiger partial charge in [-0.3, -0.25) is 0 Å². The molecule has 1 aliphatic carbocycles. The number of aromatic nitrogens is 1. The molecule has 1 heterocycles. The maximum atomic E-state index is 11.5. The van der Waals surface area contributed by atoms with Crippen LogP contribution in [-0.2, 0) is 15.3 Å². The highest BCUT2D eigenvalue weighted by Gasteiger charge is 2.38. The molecular formula is C17H19ClN2O2S. The van der Waals surface area contributed by atoms with E-state index in [4.69, 9.17) is 11.6 Å². The fourth-order valence-corrected chi connectivity index (χ4v) is 3.70. The van der Waals surface area contributed by atoms with Crippen LogP contribution in [0.3, 0.4) is 0 Å². The molecule has 1 N–H and O–H groups in total. The van der Waals surface area contributed by atoms with Crippen LogP contribution in [0.4, 0.5) is 5.82 Å². The molecule has 0 amide bonds. The fourth-order valence-electron chi connectivity index (χ4n) is 2.95. The number of nitrogens with one attached hydrogen (secondary N) is 1. The Morgan fingerprint density at radius 1 is 1.26 bits per heavy atom. The Kier molecular flexibility index (Phi) is 4.34. The van der Waals surface area contributed by atoms with Gasteiger partial charge in [0, 0.05) is 29.4 Å². The predicted molar refractivity (Wildman–Crippen MR) is 92.8 cm³/mol. The first-order chi connectivity index (χ1) is 10.9. The monoisotopic (exact) mass is 350 g/mol. The van der Waals surface area contributed by atoms with Crippen LogP contribution < -0.4 is 5.32 Å². The number of pyridine rings is 1. The van der Waals surface area contributed by atoms with Gasteiger partial charge in [0.1, 0.15) is 5.82 Å². The Morgan fingerprint density at radius 2 is 2.04 bits per heavy atom. The molecule has 0 atom stereocenters. The summed E-state index contributed by atoms with van der Waals surface area (Å²) in [6.07, 6.45) is 6.00. The van der Waals surface area contributed by atoms with E-state index >= 15 is 0 Å². The van der Waals surface area contributed by atoms with E-state index < -0.39 is 9.84 Å². The van der Waals surface area contributed by atoms with Crippen molar-refractivity contribution in [3.63, 3.8) is 0 Å². The van der Waals surface area contributed by atoms with Gasteiger partial charge in [0.05, 0.1) is 4.90 Å². The number of nitrogens with zero attached hydrogens (tertiary/aromatic N) is 1. The van der Waals surface area contributed by atoms with Gasteiger partial charge in [0.2, 0.25) is 0 Å². The standard InChI is InChI=1S/C17H19ClN2O2S/c1-23(21,22)15-6-7-16(19-11-15)20-12-17(8-3-9-17)13-4-2-5-14(18)10-13/h2,4-7,10-11H,3,8-9,12H2,1H3,(H,19,20). The van der Waals surface area contributed by atoms with E-state index in [0.717, 1.165) is 24.4 Å². The van der Waals surface area contributed by atoms with Crippen LogP contribution in [0.15, 0.2) is 47.5 Å². The minimum atomic E-state index is -3.21. The molecule has 1 aliphatic rings. The molecule has 0 bridgehead atoms. The van der Waals surface area contributed by atoms with Gasteiger partial charge < -0.3 is 5.32 Å². The highest BCUT2D eigenvalue weighted by molar-refractivity contribution is 7.90. The summed E-state index contributed by atoms with van der Waals surface area (Å²) in [4.78, 5) is 4.43. The van der Waals surface area contributed by atoms with Crippen molar-refractivity contribution in [3.8, 4) is 0 Å². The molecule has 0 aliphatic heterocycles. The topological polar surface area (TPSA) is 59.1 Å². The summed E-state index contributed by atoms with van der Waals surface area (Å²) in [7, 11) is -3.21. The Balaban J connectivity index is 1.74. The van der Waals surface area contributed by atoms with Crippen LogP contribution >= 0.6 is 11.6 Å². The van der Waals surface area contributed by atoms with Crippen molar-refractivity contribution >= 4 is 27.3 Å². The van der Waals surface area contributed by atoms with Gasteiger partial charge in [-0.05, 0) is 42.7 Å². The number of hydrogen-bond donors (Lipinski definition) is 1. The maximum absolute atomic E-state index is 11.5. The van der Waals surface area contributed by atoms with Crippen LogP contribution in [-0.4, -0.2) is 26.2 Å². The zero-order chi connectivity index (χ0) is 16.5. The van der Waals surface area contributed by atoms with E-state index in [2.05, 4.69) is 16.4 Å². The number of benzene rings is 1. The number of halogens is 1. The summed E-state index contributed by atoms with van der Waals surface area (Å²) in [5, 5.41) is 4.09. The SMILES string of the molecule is CS(=O)(=O)c1ccc(NCC2(c3cccc(Cl)c3)CCC2)nc1. The van der Waals surface area contributed by atoms with E-state index in [1.165, 1.54) is 24.4 Å². The fraction of sp³-hybridized carbons (Fsp3) is 0.353. The molecule has 0 unspecified atom stereocenters. The predicted octanol–water partition coefficient (Wildman–Crippen LogP) is 3.67. The first-order valence-electron chi connectivity index (χ1n) is 7.55. The summed E-state index contributed by atoms with van der Waals surface area (Å²) in [6, 6.07) is 11.3. The average molecular weight is 351 g/mol. The van der Waals surface area contributed by atoms with Crippen LogP contribution in [0, 0.1) is 0 Å². The largest absolute Gasteiger partial charge is 0.369 e. The first kappa shape index (κ1) is 16.3. The maximum Gasteiger partial charge on any atom is 0.177 e. The molecule has 1 fully saturated rings. The lowest BCUT2D eigenvalue weighted by Gasteiger charge is -2.42. The lowest BCUT2D eigenvalue weighted by Crippen LogP contribution is -2.41. The van der Waals surface area contributed by atoms with Crippen molar-refractivity contribution in [1.29, 1.82) is 0 Å². The molecule has 122 valence electrons. The normalized spacial score (nSPS) is 16.6. The van der Waals surface area contributed by atoms with Crippen molar-refractivity contribution in [2.24, 2.45) is 0 Å². The molecule has 6 heteroatoms. The Hall–Kier alpha value is -1.59. The third-order valence-corrected chi connectivity index (χ3v) is 5.85. The van der Waals surface area contributed by atoms with Crippen LogP contribution in [0.1, 0.15) is 24.8 Å². The number of hydrogen-bond acceptors (Lipinski definition) is 4. The Morgan fingerprint density at radius 3 is 2.57 bits per heavy atom. The van der Waals surface area contributed by atoms with Crippen LogP contribution in [0.25, 0.3) is 0 Å². The minimum Gasteiger partial charge on any atom is -0.369 e. The van der Waals surface area contributed by atoms with Crippen LogP contribution in [0.2, 0.25) is 5.02 Å². The van der Waals surface area contributed by atoms with Gasteiger partial charge >= 0.3 is 0 Å². The lowest BCUT2D eigenvalue weighted by molar-refractivity contribution is 0.260.